The van der Waals surface area contributed by atoms with Crippen LogP contribution in [0.25, 0.3) is 0 Å². The molecular weight excluding hydrogens is 166 g/mol. The Balaban J connectivity index is -0.0000000200. The molecule has 0 saturated carbocycles. The van der Waals surface area contributed by atoms with Crippen LogP contribution in [0.3, 0.4) is 0 Å². The van der Waals surface area contributed by atoms with Gasteiger partial charge in [-0.1, -0.05) is 0 Å². The number of rotatable bonds is 0. The first-order valence-electron chi connectivity index (χ1n) is 0.371. The molecule has 0 aromatic heterocycles. The first-order valence-corrected chi connectivity index (χ1v) is 0.891. The van der Waals surface area contributed by atoms with E-state index in [0.29, 0.717) is 0 Å². The standard InChI is InChI=1S/CO.Co.Mg.Mn.2H/c1-2;;;;;. The molecule has 4 heteroatoms. The number of carbonyl (C=O) groups excluding carboxylic acids is 1. The van der Waals surface area contributed by atoms with Crippen molar-refractivity contribution in [3.8, 4) is 0 Å². The van der Waals surface area contributed by atoms with E-state index in [1.807, 2.05) is 0 Å². The van der Waals surface area contributed by atoms with Gasteiger partial charge in [0.2, 0.25) is 0 Å². The van der Waals surface area contributed by atoms with Crippen LogP contribution in [0, 0.1) is 0 Å². The average Bonchev–Trinajstić information content (AvgIpc) is 0.918. The van der Waals surface area contributed by atoms with Gasteiger partial charge in [-0.15, -0.1) is 0 Å². The van der Waals surface area contributed by atoms with Crippen LogP contribution in [-0.2, 0) is 37.2 Å². The van der Waals surface area contributed by atoms with Gasteiger partial charge in [0.15, 0.2) is 0 Å². The van der Waals surface area contributed by atoms with Gasteiger partial charge in [0, 0.05) is 17.1 Å². The normalized spacial score (nSPS) is 1.80. The summed E-state index contributed by atoms with van der Waals surface area (Å²) in [4.78, 5) is 9.73. The Kier molecular flexibility index (Phi) is 59.0. The summed E-state index contributed by atoms with van der Waals surface area (Å²) in [5, 5.41) is 0. The van der Waals surface area contributed by atoms with Crippen molar-refractivity contribution in [2.75, 3.05) is 0 Å². The molecule has 0 aliphatic rings. The fourth-order valence-corrected chi connectivity index (χ4v) is 0. The Bertz CT molecular complexity index is 32.6. The van der Waals surface area contributed by atoms with Crippen molar-refractivity contribution in [1.82, 2.24) is 0 Å². The Morgan fingerprint density at radius 2 is 1.60 bits per heavy atom. The molecule has 0 aliphatic carbocycles. The van der Waals surface area contributed by atoms with Crippen LogP contribution >= 0.6 is 0 Å². The van der Waals surface area contributed by atoms with Crippen molar-refractivity contribution >= 4 is 27.9 Å². The van der Waals surface area contributed by atoms with Gasteiger partial charge in [0.1, 0.15) is 0 Å². The molecule has 1 radical (unpaired) electrons. The zero-order valence-corrected chi connectivity index (χ0v) is 3.84. The van der Waals surface area contributed by atoms with Crippen LogP contribution in [0.1, 0.15) is 0 Å². The van der Waals surface area contributed by atoms with Crippen LogP contribution in [-0.4, -0.2) is 27.9 Å². The zero-order chi connectivity index (χ0) is 2.71. The Morgan fingerprint density at radius 1 is 1.60 bits per heavy atom. The third kappa shape index (κ3) is 32.4. The molecule has 1 nitrogen and oxygen atoms in total. The van der Waals surface area contributed by atoms with E-state index < -0.39 is 0 Å². The predicted octanol–water partition coefficient (Wildman–Crippen LogP) is -1.32. The van der Waals surface area contributed by atoms with Crippen LogP contribution in [0.5, 0.6) is 0 Å². The summed E-state index contributed by atoms with van der Waals surface area (Å²) in [6.07, 6.45) is 0. The molecular formula is CH2CoMgMnO. The van der Waals surface area contributed by atoms with Gasteiger partial charge in [-0.25, -0.2) is 0 Å². The molecule has 0 aromatic rings. The zero-order valence-electron chi connectivity index (χ0n) is 1.62. The fraction of sp³-hybridized carbons (Fsp3) is 0. The topological polar surface area (TPSA) is 17.1 Å². The summed E-state index contributed by atoms with van der Waals surface area (Å²) in [6, 6.07) is 0. The molecule has 0 bridgehead atoms. The summed E-state index contributed by atoms with van der Waals surface area (Å²) in [7, 11) is 0. The third-order valence-electron chi connectivity index (χ3n) is 0. The molecule has 30 valence electrons. The van der Waals surface area contributed by atoms with Crippen molar-refractivity contribution in [2.45, 2.75) is 0 Å². The monoisotopic (exact) mass is 168 g/mol. The third-order valence-corrected chi connectivity index (χ3v) is 0. The number of hydrogen-bond donors (Lipinski definition) is 0. The Labute approximate surface area is 64.6 Å². The van der Waals surface area contributed by atoms with E-state index in [9.17, 15) is 0 Å². The first-order chi connectivity index (χ1) is 1.41. The minimum Gasteiger partial charge on any atom is 0 e. The first kappa shape index (κ1) is 16.2. The molecule has 0 rings (SSSR count). The largest absolute Gasteiger partial charge is 0.316 e. The van der Waals surface area contributed by atoms with Crippen LogP contribution < -0.4 is 0 Å². The molecule has 0 atom stereocenters. The maximum Gasteiger partial charge on any atom is 0.316 e. The van der Waals surface area contributed by atoms with Crippen molar-refractivity contribution in [2.24, 2.45) is 0 Å². The van der Waals surface area contributed by atoms with Gasteiger partial charge in [-0.05, 0) is 0 Å². The molecule has 0 aromatic carbocycles. The fourth-order valence-electron chi connectivity index (χ4n) is 0. The average molecular weight is 168 g/mol. The second kappa shape index (κ2) is 18.2. The van der Waals surface area contributed by atoms with E-state index in [4.69, 9.17) is 4.79 Å². The minimum absolute atomic E-state index is 0. The summed E-state index contributed by atoms with van der Waals surface area (Å²) in [5.74, 6) is 0. The van der Waals surface area contributed by atoms with E-state index in [1.54, 1.807) is 0 Å². The van der Waals surface area contributed by atoms with Crippen LogP contribution in [0.4, 0.5) is 0 Å². The minimum atomic E-state index is 0. The van der Waals surface area contributed by atoms with Gasteiger partial charge in [-0.2, -0.15) is 0 Å². The van der Waals surface area contributed by atoms with Crippen LogP contribution in [0.15, 0.2) is 0 Å². The molecule has 0 amide bonds. The van der Waals surface area contributed by atoms with E-state index in [-0.39, 0.29) is 40.1 Å². The van der Waals surface area contributed by atoms with E-state index in [0.717, 1.165) is 0 Å². The second-order valence-electron chi connectivity index (χ2n) is 0.0680. The summed E-state index contributed by atoms with van der Waals surface area (Å²) < 4.78 is 0. The van der Waals surface area contributed by atoms with Crippen molar-refractivity contribution < 1.29 is 37.2 Å². The van der Waals surface area contributed by atoms with E-state index >= 15 is 0 Å². The van der Waals surface area contributed by atoms with Crippen molar-refractivity contribution in [3.63, 3.8) is 0 Å². The molecule has 5 heavy (non-hydrogen) atoms. The van der Waals surface area contributed by atoms with Crippen molar-refractivity contribution in [1.29, 1.82) is 0 Å². The van der Waals surface area contributed by atoms with Gasteiger partial charge in [-0.3, -0.25) is 0 Å². The Morgan fingerprint density at radius 3 is 1.60 bits per heavy atom. The smallest absolute Gasteiger partial charge is 0 e. The maximum atomic E-state index is 8.54. The van der Waals surface area contributed by atoms with Gasteiger partial charge >= 0.3 is 48.0 Å². The number of hydrogen-bond acceptors (Lipinski definition) is 1. The van der Waals surface area contributed by atoms with Crippen LogP contribution in [0.2, 0.25) is 0 Å². The summed E-state index contributed by atoms with van der Waals surface area (Å²) in [6.45, 7) is 0. The Hall–Kier alpha value is 1.37. The molecule has 0 fully saturated rings. The molecule has 0 saturated heterocycles. The van der Waals surface area contributed by atoms with Gasteiger partial charge in [0.05, 0.1) is 0 Å². The quantitative estimate of drug-likeness (QED) is 0.410. The summed E-state index contributed by atoms with van der Waals surface area (Å²) in [5.41, 5.74) is 0. The molecule has 0 N–H and O–H groups in total. The predicted molar refractivity (Wildman–Crippen MR) is 14.2 cm³/mol. The molecule has 0 heterocycles. The van der Waals surface area contributed by atoms with Gasteiger partial charge in [0.25, 0.3) is 0 Å². The van der Waals surface area contributed by atoms with E-state index in [2.05, 4.69) is 15.3 Å². The molecule has 0 unspecified atom stereocenters. The van der Waals surface area contributed by atoms with E-state index in [1.165, 1.54) is 4.82 Å². The molecule has 0 spiro atoms. The van der Waals surface area contributed by atoms with Crippen molar-refractivity contribution in [3.05, 3.63) is 0 Å². The molecule has 0 aliphatic heterocycles. The SMILES string of the molecule is O=[C]=[Co].[MgH2].[Mn]. The maximum absolute atomic E-state index is 8.54. The van der Waals surface area contributed by atoms with Gasteiger partial charge < -0.3 is 0 Å². The summed E-state index contributed by atoms with van der Waals surface area (Å²) >= 11 is 3.02. The second-order valence-corrected chi connectivity index (χ2v) is 0.281.